The number of esters is 1. The van der Waals surface area contributed by atoms with Crippen LogP contribution in [0.25, 0.3) is 6.08 Å². The van der Waals surface area contributed by atoms with E-state index in [9.17, 15) is 9.59 Å². The van der Waals surface area contributed by atoms with Crippen LogP contribution in [0.5, 0.6) is 0 Å². The molecule has 1 aromatic heterocycles. The van der Waals surface area contributed by atoms with Crippen LogP contribution in [0.15, 0.2) is 47.5 Å². The second-order valence-electron chi connectivity index (χ2n) is 4.70. The molecule has 5 nitrogen and oxygen atoms in total. The highest BCUT2D eigenvalue weighted by molar-refractivity contribution is 7.11. The van der Waals surface area contributed by atoms with Crippen molar-refractivity contribution in [2.75, 3.05) is 7.11 Å². The highest BCUT2D eigenvalue weighted by atomic mass is 32.1. The maximum Gasteiger partial charge on any atom is 0.412 e. The topological polar surface area (TPSA) is 64.6 Å². The summed E-state index contributed by atoms with van der Waals surface area (Å²) in [6, 6.07) is 11.2. The molecule has 23 heavy (non-hydrogen) atoms. The van der Waals surface area contributed by atoms with Crippen molar-refractivity contribution in [3.63, 3.8) is 0 Å². The van der Waals surface area contributed by atoms with Gasteiger partial charge >= 0.3 is 12.1 Å². The molecule has 0 saturated heterocycles. The largest absolute Gasteiger partial charge is 0.464 e. The summed E-state index contributed by atoms with van der Waals surface area (Å²) < 4.78 is 9.80. The summed E-state index contributed by atoms with van der Waals surface area (Å²) in [5, 5.41) is 4.34. The van der Waals surface area contributed by atoms with Crippen LogP contribution in [0.2, 0.25) is 0 Å². The minimum atomic E-state index is -0.709. The van der Waals surface area contributed by atoms with Crippen LogP contribution in [0.4, 0.5) is 4.79 Å². The smallest absolute Gasteiger partial charge is 0.412 e. The summed E-state index contributed by atoms with van der Waals surface area (Å²) in [6.07, 6.45) is 0.870. The summed E-state index contributed by atoms with van der Waals surface area (Å²) >= 11 is 1.47. The Morgan fingerprint density at radius 1 is 1.22 bits per heavy atom. The Hall–Kier alpha value is -2.60. The maximum absolute atomic E-state index is 11.9. The third kappa shape index (κ3) is 4.96. The van der Waals surface area contributed by atoms with Crippen molar-refractivity contribution in [3.8, 4) is 0 Å². The number of thiophene rings is 1. The molecule has 0 unspecified atom stereocenters. The van der Waals surface area contributed by atoms with Gasteiger partial charge in [0.05, 0.1) is 7.11 Å². The molecule has 0 aliphatic heterocycles. The van der Waals surface area contributed by atoms with Gasteiger partial charge in [0.2, 0.25) is 0 Å². The molecule has 0 aliphatic carbocycles. The number of methoxy groups -OCH3 is 1. The molecule has 1 heterocycles. The van der Waals surface area contributed by atoms with Crippen molar-refractivity contribution in [1.82, 2.24) is 5.32 Å². The molecule has 0 atom stereocenters. The lowest BCUT2D eigenvalue weighted by Crippen LogP contribution is -2.28. The quantitative estimate of drug-likeness (QED) is 0.673. The molecule has 2 aromatic rings. The normalized spacial score (nSPS) is 11.0. The molecule has 0 spiro atoms. The van der Waals surface area contributed by atoms with Crippen LogP contribution in [0.1, 0.15) is 16.0 Å². The molecule has 0 fully saturated rings. The molecule has 0 saturated carbocycles. The molecule has 0 radical (unpaired) electrons. The third-order valence-electron chi connectivity index (χ3n) is 3.03. The lowest BCUT2D eigenvalue weighted by molar-refractivity contribution is -0.136. The Labute approximate surface area is 138 Å². The Kier molecular flexibility index (Phi) is 5.94. The number of amides is 1. The fourth-order valence-electron chi connectivity index (χ4n) is 1.79. The average Bonchev–Trinajstić information content (AvgIpc) is 2.97. The fraction of sp³-hybridized carbons (Fsp3) is 0.176. The van der Waals surface area contributed by atoms with E-state index in [0.29, 0.717) is 0 Å². The van der Waals surface area contributed by atoms with Crippen molar-refractivity contribution in [2.24, 2.45) is 0 Å². The number of carbonyl (C=O) groups excluding carboxylic acids is 2. The summed E-state index contributed by atoms with van der Waals surface area (Å²) in [7, 11) is 1.26. The second kappa shape index (κ2) is 8.14. The molecule has 2 rings (SSSR count). The van der Waals surface area contributed by atoms with Crippen LogP contribution in [-0.2, 0) is 20.9 Å². The van der Waals surface area contributed by atoms with Gasteiger partial charge in [-0.25, -0.2) is 9.59 Å². The highest BCUT2D eigenvalue weighted by Crippen LogP contribution is 2.19. The monoisotopic (exact) mass is 331 g/mol. The minimum Gasteiger partial charge on any atom is -0.464 e. The average molecular weight is 331 g/mol. The molecular formula is C17H17NO4S. The summed E-state index contributed by atoms with van der Waals surface area (Å²) in [5.74, 6) is -0.630. The van der Waals surface area contributed by atoms with Crippen molar-refractivity contribution >= 4 is 29.5 Å². The van der Waals surface area contributed by atoms with Gasteiger partial charge in [0.15, 0.2) is 0 Å². The first-order valence-corrected chi connectivity index (χ1v) is 7.80. The predicted octanol–water partition coefficient (Wildman–Crippen LogP) is 3.50. The summed E-state index contributed by atoms with van der Waals surface area (Å²) in [5.41, 5.74) is 1.91. The first kappa shape index (κ1) is 16.8. The van der Waals surface area contributed by atoms with E-state index < -0.39 is 12.1 Å². The molecule has 0 bridgehead atoms. The van der Waals surface area contributed by atoms with Crippen molar-refractivity contribution < 1.29 is 19.1 Å². The van der Waals surface area contributed by atoms with Gasteiger partial charge in [-0.2, -0.15) is 0 Å². The number of aryl methyl sites for hydroxylation is 1. The zero-order chi connectivity index (χ0) is 16.7. The molecule has 120 valence electrons. The van der Waals surface area contributed by atoms with Crippen LogP contribution in [-0.4, -0.2) is 19.2 Å². The zero-order valence-corrected chi connectivity index (χ0v) is 13.7. The maximum atomic E-state index is 11.9. The van der Waals surface area contributed by atoms with Gasteiger partial charge in [-0.3, -0.25) is 5.32 Å². The van der Waals surface area contributed by atoms with Crippen LogP contribution < -0.4 is 5.32 Å². The first-order chi connectivity index (χ1) is 11.1. The number of ether oxygens (including phenoxy) is 2. The number of benzene rings is 1. The van der Waals surface area contributed by atoms with E-state index in [1.165, 1.54) is 18.4 Å². The van der Waals surface area contributed by atoms with E-state index in [1.54, 1.807) is 6.08 Å². The Balaban J connectivity index is 2.03. The van der Waals surface area contributed by atoms with Crippen molar-refractivity contribution in [3.05, 3.63) is 63.5 Å². The number of nitrogens with one attached hydrogen (secondary N) is 1. The standard InChI is InChI=1S/C17H17NO4S/c1-12-8-9-23-15(12)10-14(16(19)21-2)18-17(20)22-11-13-6-4-3-5-7-13/h3-10H,11H2,1-2H3,(H,18,20)/b14-10-. The second-order valence-corrected chi connectivity index (χ2v) is 5.65. The molecule has 6 heteroatoms. The van der Waals surface area contributed by atoms with E-state index in [2.05, 4.69) is 5.32 Å². The van der Waals surface area contributed by atoms with Crippen LogP contribution in [0, 0.1) is 6.92 Å². The van der Waals surface area contributed by atoms with Crippen LogP contribution >= 0.6 is 11.3 Å². The van der Waals surface area contributed by atoms with Gasteiger partial charge in [0.25, 0.3) is 0 Å². The summed E-state index contributed by atoms with van der Waals surface area (Å²) in [6.45, 7) is 2.05. The van der Waals surface area contributed by atoms with Gasteiger partial charge in [0, 0.05) is 4.88 Å². The Morgan fingerprint density at radius 2 is 1.96 bits per heavy atom. The van der Waals surface area contributed by atoms with Crippen LogP contribution in [0.3, 0.4) is 0 Å². The number of rotatable bonds is 5. The summed E-state index contributed by atoms with van der Waals surface area (Å²) in [4.78, 5) is 24.6. The minimum absolute atomic E-state index is 0.0381. The molecule has 0 aliphatic rings. The molecule has 1 amide bonds. The van der Waals surface area contributed by atoms with E-state index in [-0.39, 0.29) is 12.3 Å². The molecule has 1 aromatic carbocycles. The van der Waals surface area contributed by atoms with Crippen molar-refractivity contribution in [1.29, 1.82) is 0 Å². The first-order valence-electron chi connectivity index (χ1n) is 6.92. The van der Waals surface area contributed by atoms with Gasteiger partial charge in [-0.05, 0) is 35.6 Å². The lowest BCUT2D eigenvalue weighted by Gasteiger charge is -2.09. The SMILES string of the molecule is COC(=O)/C(=C/c1sccc1C)NC(=O)OCc1ccccc1. The third-order valence-corrected chi connectivity index (χ3v) is 4.00. The van der Waals surface area contributed by atoms with Gasteiger partial charge in [-0.1, -0.05) is 30.3 Å². The Morgan fingerprint density at radius 3 is 2.57 bits per heavy atom. The van der Waals surface area contributed by atoms with E-state index in [1.807, 2.05) is 48.7 Å². The number of alkyl carbamates (subject to hydrolysis) is 1. The van der Waals surface area contributed by atoms with Gasteiger partial charge in [-0.15, -0.1) is 11.3 Å². The van der Waals surface area contributed by atoms with E-state index in [0.717, 1.165) is 16.0 Å². The molecular weight excluding hydrogens is 314 g/mol. The van der Waals surface area contributed by atoms with E-state index >= 15 is 0 Å². The van der Waals surface area contributed by atoms with Gasteiger partial charge in [0.1, 0.15) is 12.3 Å². The number of carbonyl (C=O) groups is 2. The molecule has 1 N–H and O–H groups in total. The van der Waals surface area contributed by atoms with Gasteiger partial charge < -0.3 is 9.47 Å². The highest BCUT2D eigenvalue weighted by Gasteiger charge is 2.15. The number of hydrogen-bond acceptors (Lipinski definition) is 5. The van der Waals surface area contributed by atoms with E-state index in [4.69, 9.17) is 9.47 Å². The fourth-order valence-corrected chi connectivity index (χ4v) is 2.65. The Bertz CT molecular complexity index is 706. The number of hydrogen-bond donors (Lipinski definition) is 1. The predicted molar refractivity (Wildman–Crippen MR) is 88.8 cm³/mol. The van der Waals surface area contributed by atoms with Crippen molar-refractivity contribution in [2.45, 2.75) is 13.5 Å². The zero-order valence-electron chi connectivity index (χ0n) is 12.9. The lowest BCUT2D eigenvalue weighted by atomic mass is 10.2.